The van der Waals surface area contributed by atoms with Gasteiger partial charge in [-0.1, -0.05) is 39.7 Å². The van der Waals surface area contributed by atoms with Crippen molar-refractivity contribution < 1.29 is 9.21 Å². The summed E-state index contributed by atoms with van der Waals surface area (Å²) < 4.78 is 6.72. The first-order chi connectivity index (χ1) is 9.54. The van der Waals surface area contributed by atoms with Crippen LogP contribution < -0.4 is 0 Å². The van der Waals surface area contributed by atoms with Crippen molar-refractivity contribution >= 4 is 32.7 Å². The molecule has 0 aliphatic rings. The number of furan rings is 1. The minimum atomic E-state index is -0.0829. The van der Waals surface area contributed by atoms with Gasteiger partial charge < -0.3 is 4.42 Å². The highest BCUT2D eigenvalue weighted by atomic mass is 79.9. The normalized spacial score (nSPS) is 10.9. The zero-order chi connectivity index (χ0) is 14.3. The highest BCUT2D eigenvalue weighted by Crippen LogP contribution is 2.28. The molecular formula is C17H13BrO2. The van der Waals surface area contributed by atoms with Gasteiger partial charge in [0.1, 0.15) is 5.58 Å². The third kappa shape index (κ3) is 2.29. The number of hydrogen-bond donors (Lipinski definition) is 0. The van der Waals surface area contributed by atoms with Gasteiger partial charge in [0.2, 0.25) is 5.78 Å². The predicted molar refractivity (Wildman–Crippen MR) is 83.3 cm³/mol. The lowest BCUT2D eigenvalue weighted by atomic mass is 10.1. The Morgan fingerprint density at radius 3 is 2.65 bits per heavy atom. The average Bonchev–Trinajstić information content (AvgIpc) is 2.82. The molecule has 100 valence electrons. The van der Waals surface area contributed by atoms with Crippen LogP contribution in [0.3, 0.4) is 0 Å². The number of carbonyl (C=O) groups excluding carboxylic acids is 1. The molecule has 0 N–H and O–H groups in total. The Morgan fingerprint density at radius 1 is 1.10 bits per heavy atom. The van der Waals surface area contributed by atoms with Crippen LogP contribution in [0.5, 0.6) is 0 Å². The highest BCUT2D eigenvalue weighted by Gasteiger charge is 2.16. The molecule has 0 radical (unpaired) electrons. The van der Waals surface area contributed by atoms with Gasteiger partial charge in [0.15, 0.2) is 5.76 Å². The van der Waals surface area contributed by atoms with E-state index in [1.54, 1.807) is 6.07 Å². The zero-order valence-corrected chi connectivity index (χ0v) is 12.8. The second-order valence-corrected chi connectivity index (χ2v) is 5.87. The minimum Gasteiger partial charge on any atom is -0.452 e. The Morgan fingerprint density at radius 2 is 1.90 bits per heavy atom. The van der Waals surface area contributed by atoms with Gasteiger partial charge >= 0.3 is 0 Å². The lowest BCUT2D eigenvalue weighted by molar-refractivity contribution is 0.101. The molecule has 1 heterocycles. The maximum atomic E-state index is 12.5. The molecule has 0 unspecified atom stereocenters. The van der Waals surface area contributed by atoms with Gasteiger partial charge in [-0.05, 0) is 43.7 Å². The molecule has 0 atom stereocenters. The maximum Gasteiger partial charge on any atom is 0.228 e. The van der Waals surface area contributed by atoms with Gasteiger partial charge in [0.05, 0.1) is 0 Å². The third-order valence-electron chi connectivity index (χ3n) is 3.27. The molecule has 3 aromatic rings. The van der Waals surface area contributed by atoms with Gasteiger partial charge in [0.25, 0.3) is 0 Å². The minimum absolute atomic E-state index is 0.0829. The highest BCUT2D eigenvalue weighted by molar-refractivity contribution is 9.10. The first-order valence-electron chi connectivity index (χ1n) is 6.35. The molecule has 2 aromatic carbocycles. The predicted octanol–water partition coefficient (Wildman–Crippen LogP) is 5.04. The Kier molecular flexibility index (Phi) is 3.22. The van der Waals surface area contributed by atoms with Gasteiger partial charge in [-0.25, -0.2) is 0 Å². The molecule has 20 heavy (non-hydrogen) atoms. The van der Waals surface area contributed by atoms with E-state index in [2.05, 4.69) is 15.9 Å². The molecular weight excluding hydrogens is 316 g/mol. The van der Waals surface area contributed by atoms with Crippen LogP contribution in [0.2, 0.25) is 0 Å². The van der Waals surface area contributed by atoms with Crippen molar-refractivity contribution in [1.29, 1.82) is 0 Å². The Labute approximate surface area is 125 Å². The first-order valence-corrected chi connectivity index (χ1v) is 7.15. The molecule has 3 rings (SSSR count). The molecule has 0 saturated heterocycles. The van der Waals surface area contributed by atoms with Crippen LogP contribution in [0.25, 0.3) is 11.0 Å². The number of benzene rings is 2. The molecule has 0 aliphatic carbocycles. The quantitative estimate of drug-likeness (QED) is 0.616. The van der Waals surface area contributed by atoms with E-state index in [-0.39, 0.29) is 5.78 Å². The topological polar surface area (TPSA) is 30.2 Å². The van der Waals surface area contributed by atoms with E-state index in [0.29, 0.717) is 11.3 Å². The van der Waals surface area contributed by atoms with Crippen molar-refractivity contribution in [1.82, 2.24) is 0 Å². The van der Waals surface area contributed by atoms with Crippen molar-refractivity contribution in [3.63, 3.8) is 0 Å². The Hall–Kier alpha value is -1.87. The van der Waals surface area contributed by atoms with E-state index >= 15 is 0 Å². The SMILES string of the molecule is Cc1cccc(C(=O)c2cc3cc(Br)cc(C)c3o2)c1. The van der Waals surface area contributed by atoms with Crippen LogP contribution >= 0.6 is 15.9 Å². The maximum absolute atomic E-state index is 12.5. The van der Waals surface area contributed by atoms with E-state index < -0.39 is 0 Å². The number of fused-ring (bicyclic) bond motifs is 1. The van der Waals surface area contributed by atoms with Crippen molar-refractivity contribution in [2.45, 2.75) is 13.8 Å². The first kappa shape index (κ1) is 13.1. The molecule has 0 fully saturated rings. The molecule has 0 bridgehead atoms. The second-order valence-electron chi connectivity index (χ2n) is 4.95. The van der Waals surface area contributed by atoms with Crippen LogP contribution in [0.15, 0.2) is 51.4 Å². The van der Waals surface area contributed by atoms with E-state index in [1.165, 1.54) is 0 Å². The summed E-state index contributed by atoms with van der Waals surface area (Å²) in [7, 11) is 0. The fourth-order valence-electron chi connectivity index (χ4n) is 2.32. The summed E-state index contributed by atoms with van der Waals surface area (Å²) in [5, 5.41) is 0.938. The van der Waals surface area contributed by atoms with E-state index in [1.807, 2.05) is 50.2 Å². The average molecular weight is 329 g/mol. The van der Waals surface area contributed by atoms with E-state index in [0.717, 1.165) is 26.6 Å². The number of hydrogen-bond acceptors (Lipinski definition) is 2. The molecule has 1 aromatic heterocycles. The van der Waals surface area contributed by atoms with Crippen LogP contribution in [0.4, 0.5) is 0 Å². The van der Waals surface area contributed by atoms with E-state index in [4.69, 9.17) is 4.42 Å². The van der Waals surface area contributed by atoms with Crippen molar-refractivity contribution in [3.8, 4) is 0 Å². The summed E-state index contributed by atoms with van der Waals surface area (Å²) in [4.78, 5) is 12.5. The molecule has 0 amide bonds. The van der Waals surface area contributed by atoms with Gasteiger partial charge in [-0.3, -0.25) is 4.79 Å². The van der Waals surface area contributed by atoms with Crippen molar-refractivity contribution in [2.75, 3.05) is 0 Å². The van der Waals surface area contributed by atoms with Crippen molar-refractivity contribution in [2.24, 2.45) is 0 Å². The molecule has 3 heteroatoms. The van der Waals surface area contributed by atoms with Crippen LogP contribution in [0, 0.1) is 13.8 Å². The van der Waals surface area contributed by atoms with Crippen LogP contribution in [0.1, 0.15) is 27.2 Å². The third-order valence-corrected chi connectivity index (χ3v) is 3.73. The fraction of sp³-hybridized carbons (Fsp3) is 0.118. The molecule has 0 spiro atoms. The summed E-state index contributed by atoms with van der Waals surface area (Å²) in [6.45, 7) is 3.94. The summed E-state index contributed by atoms with van der Waals surface area (Å²) in [5.74, 6) is 0.298. The zero-order valence-electron chi connectivity index (χ0n) is 11.2. The molecule has 2 nitrogen and oxygen atoms in total. The monoisotopic (exact) mass is 328 g/mol. The van der Waals surface area contributed by atoms with Gasteiger partial charge in [-0.15, -0.1) is 0 Å². The number of halogens is 1. The molecule has 0 aliphatic heterocycles. The Bertz CT molecular complexity index is 815. The standard InChI is InChI=1S/C17H13BrO2/c1-10-4-3-5-12(6-10)16(19)15-9-13-8-14(18)7-11(2)17(13)20-15/h3-9H,1-2H3. The van der Waals surface area contributed by atoms with Crippen molar-refractivity contribution in [3.05, 3.63) is 69.4 Å². The number of aryl methyl sites for hydroxylation is 2. The lowest BCUT2D eigenvalue weighted by Crippen LogP contribution is -1.99. The summed E-state index contributed by atoms with van der Waals surface area (Å²) in [6.07, 6.45) is 0. The molecule has 0 saturated carbocycles. The van der Waals surface area contributed by atoms with Crippen LogP contribution in [-0.4, -0.2) is 5.78 Å². The number of ketones is 1. The summed E-state index contributed by atoms with van der Waals surface area (Å²) in [6, 6.07) is 13.3. The lowest BCUT2D eigenvalue weighted by Gasteiger charge is -1.99. The second kappa shape index (κ2) is 4.91. The largest absolute Gasteiger partial charge is 0.452 e. The fourth-order valence-corrected chi connectivity index (χ4v) is 2.91. The summed E-state index contributed by atoms with van der Waals surface area (Å²) >= 11 is 3.46. The Balaban J connectivity index is 2.11. The van der Waals surface area contributed by atoms with Gasteiger partial charge in [-0.2, -0.15) is 0 Å². The smallest absolute Gasteiger partial charge is 0.228 e. The van der Waals surface area contributed by atoms with Gasteiger partial charge in [0, 0.05) is 15.4 Å². The van der Waals surface area contributed by atoms with Crippen LogP contribution in [-0.2, 0) is 0 Å². The van der Waals surface area contributed by atoms with E-state index in [9.17, 15) is 4.79 Å². The number of carbonyl (C=O) groups is 1. The number of rotatable bonds is 2. The summed E-state index contributed by atoms with van der Waals surface area (Å²) in [5.41, 5.74) is 3.49.